The topological polar surface area (TPSA) is 88.6 Å². The van der Waals surface area contributed by atoms with Gasteiger partial charge in [-0.05, 0) is 55.6 Å². The van der Waals surface area contributed by atoms with Crippen molar-refractivity contribution in [3.63, 3.8) is 0 Å². The number of amides is 2. The van der Waals surface area contributed by atoms with E-state index in [1.165, 1.54) is 0 Å². The normalized spacial score (nSPS) is 18.9. The maximum absolute atomic E-state index is 12.6. The highest BCUT2D eigenvalue weighted by Crippen LogP contribution is 2.24. The molecule has 6 heteroatoms. The molecular formula is C23H25N3O3. The molecule has 150 valence electrons. The number of nitrogens with zero attached hydrogens (tertiary/aromatic N) is 1. The summed E-state index contributed by atoms with van der Waals surface area (Å²) in [5.74, 6) is 0.476. The van der Waals surface area contributed by atoms with Crippen LogP contribution in [-0.2, 0) is 11.2 Å². The van der Waals surface area contributed by atoms with Crippen LogP contribution in [0.15, 0.2) is 59.0 Å². The first-order valence-electron chi connectivity index (χ1n) is 9.92. The van der Waals surface area contributed by atoms with Crippen molar-refractivity contribution in [2.24, 2.45) is 11.7 Å². The van der Waals surface area contributed by atoms with Gasteiger partial charge in [-0.25, -0.2) is 0 Å². The van der Waals surface area contributed by atoms with E-state index in [1.54, 1.807) is 18.2 Å². The van der Waals surface area contributed by atoms with E-state index in [0.29, 0.717) is 30.2 Å². The van der Waals surface area contributed by atoms with Crippen molar-refractivity contribution < 1.29 is 14.0 Å². The Bertz CT molecular complexity index is 992. The van der Waals surface area contributed by atoms with E-state index in [0.717, 1.165) is 23.9 Å². The molecule has 1 aromatic heterocycles. The summed E-state index contributed by atoms with van der Waals surface area (Å²) in [6, 6.07) is 16.8. The Labute approximate surface area is 169 Å². The molecule has 2 unspecified atom stereocenters. The maximum Gasteiger partial charge on any atom is 0.291 e. The first kappa shape index (κ1) is 19.2. The van der Waals surface area contributed by atoms with Gasteiger partial charge in [0.05, 0.1) is 6.42 Å². The summed E-state index contributed by atoms with van der Waals surface area (Å²) in [6.07, 6.45) is 1.31. The molecule has 1 saturated heterocycles. The molecule has 0 spiro atoms. The molecule has 4 rings (SSSR count). The van der Waals surface area contributed by atoms with Gasteiger partial charge in [0.25, 0.3) is 5.91 Å². The largest absolute Gasteiger partial charge is 0.451 e. The van der Waals surface area contributed by atoms with Gasteiger partial charge in [-0.15, -0.1) is 0 Å². The quantitative estimate of drug-likeness (QED) is 0.697. The van der Waals surface area contributed by atoms with Gasteiger partial charge in [-0.3, -0.25) is 9.59 Å². The van der Waals surface area contributed by atoms with E-state index < -0.39 is 0 Å². The molecule has 2 atom stereocenters. The average Bonchev–Trinajstić information content (AvgIpc) is 3.32. The zero-order valence-corrected chi connectivity index (χ0v) is 16.4. The first-order valence-corrected chi connectivity index (χ1v) is 9.92. The smallest absolute Gasteiger partial charge is 0.291 e. The highest BCUT2D eigenvalue weighted by Gasteiger charge is 2.31. The average molecular weight is 391 g/mol. The molecule has 1 fully saturated rings. The molecule has 6 nitrogen and oxygen atoms in total. The Morgan fingerprint density at radius 3 is 2.62 bits per heavy atom. The monoisotopic (exact) mass is 391 g/mol. The Balaban J connectivity index is 1.37. The van der Waals surface area contributed by atoms with Gasteiger partial charge in [-0.1, -0.05) is 30.3 Å². The summed E-state index contributed by atoms with van der Waals surface area (Å²) >= 11 is 0. The van der Waals surface area contributed by atoms with Crippen molar-refractivity contribution in [2.75, 3.05) is 18.4 Å². The highest BCUT2D eigenvalue weighted by molar-refractivity contribution is 6.04. The minimum Gasteiger partial charge on any atom is -0.451 e. The zero-order valence-electron chi connectivity index (χ0n) is 16.4. The van der Waals surface area contributed by atoms with Crippen LogP contribution in [0.4, 0.5) is 5.69 Å². The maximum atomic E-state index is 12.6. The van der Waals surface area contributed by atoms with Gasteiger partial charge in [0.15, 0.2) is 5.76 Å². The summed E-state index contributed by atoms with van der Waals surface area (Å²) in [5, 5.41) is 3.72. The summed E-state index contributed by atoms with van der Waals surface area (Å²) < 4.78 is 5.59. The lowest BCUT2D eigenvalue weighted by molar-refractivity contribution is -0.131. The molecule has 3 aromatic rings. The Hall–Kier alpha value is -3.12. The van der Waals surface area contributed by atoms with E-state index in [1.807, 2.05) is 41.3 Å². The van der Waals surface area contributed by atoms with Crippen LogP contribution in [0.5, 0.6) is 0 Å². The number of carbonyl (C=O) groups excluding carboxylic acids is 2. The van der Waals surface area contributed by atoms with Crippen LogP contribution in [0.1, 0.15) is 29.5 Å². The van der Waals surface area contributed by atoms with Crippen LogP contribution in [-0.4, -0.2) is 35.8 Å². The first-order chi connectivity index (χ1) is 14.0. The third-order valence-electron chi connectivity index (χ3n) is 5.53. The number of hydrogen-bond donors (Lipinski definition) is 2. The fourth-order valence-corrected chi connectivity index (χ4v) is 3.93. The Morgan fingerprint density at radius 1 is 1.17 bits per heavy atom. The van der Waals surface area contributed by atoms with Crippen LogP contribution in [0.3, 0.4) is 0 Å². The molecule has 2 amide bonds. The van der Waals surface area contributed by atoms with Crippen molar-refractivity contribution in [3.05, 3.63) is 65.9 Å². The molecule has 2 heterocycles. The number of nitrogens with one attached hydrogen (secondary N) is 1. The lowest BCUT2D eigenvalue weighted by atomic mass is 10.1. The number of fused-ring (bicyclic) bond motifs is 1. The third kappa shape index (κ3) is 4.17. The minimum absolute atomic E-state index is 0.118. The number of hydrogen-bond acceptors (Lipinski definition) is 4. The number of carbonyl (C=O) groups is 2. The molecule has 3 N–H and O–H groups in total. The minimum atomic E-state index is -0.302. The number of likely N-dealkylation sites (tertiary alicyclic amines) is 1. The summed E-state index contributed by atoms with van der Waals surface area (Å²) in [4.78, 5) is 27.0. The molecule has 1 aliphatic rings. The second kappa shape index (κ2) is 8.09. The second-order valence-electron chi connectivity index (χ2n) is 7.71. The van der Waals surface area contributed by atoms with Crippen molar-refractivity contribution in [1.82, 2.24) is 4.90 Å². The number of furan rings is 1. The number of para-hydroxylation sites is 1. The van der Waals surface area contributed by atoms with Gasteiger partial charge in [0.1, 0.15) is 5.58 Å². The van der Waals surface area contributed by atoms with Crippen LogP contribution < -0.4 is 11.1 Å². The van der Waals surface area contributed by atoms with Gasteiger partial charge >= 0.3 is 0 Å². The molecular weight excluding hydrogens is 366 g/mol. The molecule has 29 heavy (non-hydrogen) atoms. The van der Waals surface area contributed by atoms with Gasteiger partial charge in [-0.2, -0.15) is 0 Å². The van der Waals surface area contributed by atoms with Crippen LogP contribution in [0, 0.1) is 5.92 Å². The predicted octanol–water partition coefficient (Wildman–Crippen LogP) is 3.42. The van der Waals surface area contributed by atoms with Crippen molar-refractivity contribution in [1.29, 1.82) is 0 Å². The zero-order chi connectivity index (χ0) is 20.4. The van der Waals surface area contributed by atoms with Crippen LogP contribution in [0.2, 0.25) is 0 Å². The standard InChI is InChI=1S/C23H25N3O3/c1-15-10-17(13-24)14-26(15)22(27)11-16-6-8-19(9-7-16)25-23(28)21-12-18-4-2-3-5-20(18)29-21/h2-9,12,15,17H,10-11,13-14,24H2,1H3,(H,25,28). The van der Waals surface area contributed by atoms with E-state index in [9.17, 15) is 9.59 Å². The summed E-state index contributed by atoms with van der Waals surface area (Å²) in [5.41, 5.74) is 8.01. The summed E-state index contributed by atoms with van der Waals surface area (Å²) in [7, 11) is 0. The molecule has 0 bridgehead atoms. The molecule has 0 radical (unpaired) electrons. The Morgan fingerprint density at radius 2 is 1.93 bits per heavy atom. The van der Waals surface area contributed by atoms with Crippen molar-refractivity contribution in [2.45, 2.75) is 25.8 Å². The lowest BCUT2D eigenvalue weighted by Crippen LogP contribution is -2.35. The fraction of sp³-hybridized carbons (Fsp3) is 0.304. The number of rotatable bonds is 5. The van der Waals surface area contributed by atoms with Crippen molar-refractivity contribution >= 4 is 28.5 Å². The SMILES string of the molecule is CC1CC(CN)CN1C(=O)Cc1ccc(NC(=O)c2cc3ccccc3o2)cc1. The fourth-order valence-electron chi connectivity index (χ4n) is 3.93. The lowest BCUT2D eigenvalue weighted by Gasteiger charge is -2.21. The van der Waals surface area contributed by atoms with E-state index in [2.05, 4.69) is 12.2 Å². The summed E-state index contributed by atoms with van der Waals surface area (Å²) in [6.45, 7) is 3.43. The van der Waals surface area contributed by atoms with Crippen molar-refractivity contribution in [3.8, 4) is 0 Å². The Kier molecular flexibility index (Phi) is 5.36. The number of nitrogens with two attached hydrogens (primary N) is 1. The molecule has 2 aromatic carbocycles. The van der Waals surface area contributed by atoms with Gasteiger partial charge in [0.2, 0.25) is 5.91 Å². The van der Waals surface area contributed by atoms with Gasteiger partial charge in [0, 0.05) is 23.7 Å². The van der Waals surface area contributed by atoms with Crippen LogP contribution >= 0.6 is 0 Å². The molecule has 1 aliphatic heterocycles. The van der Waals surface area contributed by atoms with Gasteiger partial charge < -0.3 is 20.4 Å². The predicted molar refractivity (Wildman–Crippen MR) is 113 cm³/mol. The van der Waals surface area contributed by atoms with Crippen LogP contribution in [0.25, 0.3) is 11.0 Å². The second-order valence-corrected chi connectivity index (χ2v) is 7.71. The highest BCUT2D eigenvalue weighted by atomic mass is 16.3. The molecule has 0 saturated carbocycles. The molecule has 0 aliphatic carbocycles. The van der Waals surface area contributed by atoms with E-state index in [-0.39, 0.29) is 23.6 Å². The third-order valence-corrected chi connectivity index (χ3v) is 5.53. The van der Waals surface area contributed by atoms with E-state index in [4.69, 9.17) is 10.2 Å². The van der Waals surface area contributed by atoms with E-state index >= 15 is 0 Å². The number of benzene rings is 2. The number of anilines is 1.